The summed E-state index contributed by atoms with van der Waals surface area (Å²) in [6.45, 7) is 0.964. The van der Waals surface area contributed by atoms with Gasteiger partial charge in [-0.15, -0.1) is 0 Å². The second kappa shape index (κ2) is 4.31. The predicted octanol–water partition coefficient (Wildman–Crippen LogP) is 2.08. The van der Waals surface area contributed by atoms with Crippen molar-refractivity contribution >= 4 is 23.0 Å². The molecule has 1 aromatic heterocycles. The molecule has 0 aliphatic carbocycles. The van der Waals surface area contributed by atoms with Gasteiger partial charge < -0.3 is 19.2 Å². The lowest BCUT2D eigenvalue weighted by Gasteiger charge is -2.11. The molecule has 1 aliphatic rings. The number of hydrogen-bond donors (Lipinski definition) is 1. The summed E-state index contributed by atoms with van der Waals surface area (Å²) in [6.07, 6.45) is -0.429. The Kier molecular flexibility index (Phi) is 2.63. The lowest BCUT2D eigenvalue weighted by Crippen LogP contribution is -2.24. The highest BCUT2D eigenvalue weighted by atomic mass is 16.6. The van der Waals surface area contributed by atoms with E-state index >= 15 is 0 Å². The van der Waals surface area contributed by atoms with Gasteiger partial charge in [-0.3, -0.25) is 0 Å². The van der Waals surface area contributed by atoms with E-state index < -0.39 is 12.1 Å². The van der Waals surface area contributed by atoms with Gasteiger partial charge in [0.1, 0.15) is 12.2 Å². The van der Waals surface area contributed by atoms with Gasteiger partial charge in [-0.25, -0.2) is 9.59 Å². The molecule has 6 nitrogen and oxygen atoms in total. The number of fused-ring (bicyclic) bond motifs is 1. The Balaban J connectivity index is 2.07. The molecule has 1 fully saturated rings. The molecule has 1 aromatic carbocycles. The number of cyclic esters (lactones) is 1. The fraction of sp³-hybridized carbons (Fsp3) is 0.231. The number of benzene rings is 1. The number of ether oxygens (including phenoxy) is 1. The van der Waals surface area contributed by atoms with E-state index in [-0.39, 0.29) is 12.3 Å². The van der Waals surface area contributed by atoms with E-state index in [1.165, 1.54) is 4.90 Å². The zero-order chi connectivity index (χ0) is 13.4. The van der Waals surface area contributed by atoms with Crippen LogP contribution in [0.3, 0.4) is 0 Å². The third-order valence-electron chi connectivity index (χ3n) is 3.09. The van der Waals surface area contributed by atoms with Crippen LogP contribution in [0.2, 0.25) is 0 Å². The van der Waals surface area contributed by atoms with Crippen molar-refractivity contribution in [1.82, 2.24) is 4.90 Å². The second-order valence-corrected chi connectivity index (χ2v) is 4.25. The second-order valence-electron chi connectivity index (χ2n) is 4.25. The molecule has 0 saturated carbocycles. The lowest BCUT2D eigenvalue weighted by atomic mass is 10.1. The first-order valence-corrected chi connectivity index (χ1v) is 5.82. The molecular weight excluding hydrogens is 250 g/mol. The van der Waals surface area contributed by atoms with Crippen molar-refractivity contribution in [3.8, 4) is 0 Å². The Morgan fingerprint density at radius 2 is 2.16 bits per heavy atom. The van der Waals surface area contributed by atoms with Crippen molar-refractivity contribution in [2.24, 2.45) is 0 Å². The highest BCUT2D eigenvalue weighted by Gasteiger charge is 2.27. The summed E-state index contributed by atoms with van der Waals surface area (Å²) in [5, 5.41) is 9.89. The molecule has 2 heterocycles. The number of nitrogens with zero attached hydrogens (tertiary/aromatic N) is 1. The number of para-hydroxylation sites is 1. The minimum absolute atomic E-state index is 0.124. The standard InChI is InChI=1S/C13H11NO5/c15-12(16)11-9(7-14-5-6-18-13(14)17)8-3-1-2-4-10(8)19-11/h1-4H,5-7H2,(H,15,16). The Hall–Kier alpha value is -2.50. The van der Waals surface area contributed by atoms with Crippen LogP contribution in [0, 0.1) is 0 Å². The Labute approximate surface area is 108 Å². The molecule has 0 atom stereocenters. The number of amides is 1. The van der Waals surface area contributed by atoms with Crippen LogP contribution in [0.1, 0.15) is 16.1 Å². The van der Waals surface area contributed by atoms with E-state index in [1.807, 2.05) is 0 Å². The van der Waals surface area contributed by atoms with Gasteiger partial charge in [0.25, 0.3) is 0 Å². The third-order valence-corrected chi connectivity index (χ3v) is 3.09. The molecule has 1 saturated heterocycles. The quantitative estimate of drug-likeness (QED) is 0.914. The summed E-state index contributed by atoms with van der Waals surface area (Å²) in [5.41, 5.74) is 1.00. The number of furan rings is 1. The van der Waals surface area contributed by atoms with Crippen molar-refractivity contribution in [1.29, 1.82) is 0 Å². The van der Waals surface area contributed by atoms with Crippen molar-refractivity contribution in [2.75, 3.05) is 13.2 Å². The van der Waals surface area contributed by atoms with Crippen molar-refractivity contribution in [3.05, 3.63) is 35.6 Å². The minimum atomic E-state index is -1.14. The number of carbonyl (C=O) groups excluding carboxylic acids is 1. The van der Waals surface area contributed by atoms with Gasteiger partial charge in [0, 0.05) is 10.9 Å². The average molecular weight is 261 g/mol. The summed E-state index contributed by atoms with van der Waals surface area (Å²) in [4.78, 5) is 24.1. The molecule has 1 aliphatic heterocycles. The maximum absolute atomic E-state index is 11.4. The fourth-order valence-electron chi connectivity index (χ4n) is 2.19. The zero-order valence-electron chi connectivity index (χ0n) is 9.96. The summed E-state index contributed by atoms with van der Waals surface area (Å²) in [5.74, 6) is -1.26. The SMILES string of the molecule is O=C(O)c1oc2ccccc2c1CN1CCOC1=O. The van der Waals surface area contributed by atoms with Crippen LogP contribution in [0.15, 0.2) is 28.7 Å². The molecule has 2 aromatic rings. The number of aromatic carboxylic acids is 1. The molecule has 19 heavy (non-hydrogen) atoms. The highest BCUT2D eigenvalue weighted by Crippen LogP contribution is 2.27. The summed E-state index contributed by atoms with van der Waals surface area (Å²) < 4.78 is 10.2. The maximum Gasteiger partial charge on any atom is 0.410 e. The number of carbonyl (C=O) groups is 2. The number of carboxylic acids is 1. The molecule has 1 amide bonds. The van der Waals surface area contributed by atoms with E-state index in [4.69, 9.17) is 9.15 Å². The smallest absolute Gasteiger partial charge is 0.410 e. The molecule has 3 rings (SSSR count). The Bertz CT molecular complexity index is 660. The lowest BCUT2D eigenvalue weighted by molar-refractivity contribution is 0.0661. The van der Waals surface area contributed by atoms with Crippen LogP contribution in [-0.2, 0) is 11.3 Å². The first-order chi connectivity index (χ1) is 9.16. The van der Waals surface area contributed by atoms with Gasteiger partial charge in [-0.2, -0.15) is 0 Å². The summed E-state index contributed by atoms with van der Waals surface area (Å²) in [6, 6.07) is 7.05. The Morgan fingerprint density at radius 1 is 1.37 bits per heavy atom. The van der Waals surface area contributed by atoms with Crippen LogP contribution in [-0.4, -0.2) is 35.2 Å². The van der Waals surface area contributed by atoms with Gasteiger partial charge >= 0.3 is 12.1 Å². The van der Waals surface area contributed by atoms with Crippen LogP contribution in [0.5, 0.6) is 0 Å². The fourth-order valence-corrected chi connectivity index (χ4v) is 2.19. The molecule has 98 valence electrons. The van der Waals surface area contributed by atoms with Crippen LogP contribution in [0.4, 0.5) is 4.79 Å². The minimum Gasteiger partial charge on any atom is -0.475 e. The van der Waals surface area contributed by atoms with E-state index in [0.717, 1.165) is 0 Å². The first-order valence-electron chi connectivity index (χ1n) is 5.82. The topological polar surface area (TPSA) is 80.0 Å². The Morgan fingerprint density at radius 3 is 2.84 bits per heavy atom. The van der Waals surface area contributed by atoms with Crippen molar-refractivity contribution in [2.45, 2.75) is 6.54 Å². The molecule has 0 radical (unpaired) electrons. The molecule has 0 bridgehead atoms. The first kappa shape index (κ1) is 11.6. The van der Waals surface area contributed by atoms with E-state index in [1.54, 1.807) is 24.3 Å². The van der Waals surface area contributed by atoms with E-state index in [0.29, 0.717) is 29.7 Å². The van der Waals surface area contributed by atoms with Crippen molar-refractivity contribution in [3.63, 3.8) is 0 Å². The van der Waals surface area contributed by atoms with Crippen LogP contribution in [0.25, 0.3) is 11.0 Å². The van der Waals surface area contributed by atoms with E-state index in [2.05, 4.69) is 0 Å². The number of carboxylic acid groups (broad SMARTS) is 1. The molecule has 0 unspecified atom stereocenters. The largest absolute Gasteiger partial charge is 0.475 e. The predicted molar refractivity (Wildman–Crippen MR) is 64.9 cm³/mol. The van der Waals surface area contributed by atoms with E-state index in [9.17, 15) is 14.7 Å². The van der Waals surface area contributed by atoms with Crippen LogP contribution < -0.4 is 0 Å². The average Bonchev–Trinajstić information content (AvgIpc) is 2.95. The molecule has 1 N–H and O–H groups in total. The molecule has 0 spiro atoms. The van der Waals surface area contributed by atoms with Gasteiger partial charge in [0.05, 0.1) is 13.1 Å². The van der Waals surface area contributed by atoms with Gasteiger partial charge in [-0.05, 0) is 6.07 Å². The van der Waals surface area contributed by atoms with Crippen LogP contribution >= 0.6 is 0 Å². The summed E-state index contributed by atoms with van der Waals surface area (Å²) in [7, 11) is 0. The molecule has 6 heteroatoms. The molecular formula is C13H11NO5. The highest BCUT2D eigenvalue weighted by molar-refractivity contribution is 5.95. The number of rotatable bonds is 3. The monoisotopic (exact) mass is 261 g/mol. The third kappa shape index (κ3) is 1.91. The van der Waals surface area contributed by atoms with Gasteiger partial charge in [-0.1, -0.05) is 18.2 Å². The maximum atomic E-state index is 11.4. The van der Waals surface area contributed by atoms with Crippen molar-refractivity contribution < 1.29 is 23.8 Å². The summed E-state index contributed by atoms with van der Waals surface area (Å²) >= 11 is 0. The van der Waals surface area contributed by atoms with Gasteiger partial charge in [0.2, 0.25) is 5.76 Å². The van der Waals surface area contributed by atoms with Gasteiger partial charge in [0.15, 0.2) is 0 Å². The number of hydrogen-bond acceptors (Lipinski definition) is 4. The normalized spacial score (nSPS) is 14.9. The zero-order valence-corrected chi connectivity index (χ0v) is 9.96.